The van der Waals surface area contributed by atoms with Crippen LogP contribution >= 0.6 is 0 Å². The van der Waals surface area contributed by atoms with E-state index < -0.39 is 16.0 Å². The van der Waals surface area contributed by atoms with E-state index in [0.29, 0.717) is 6.61 Å². The number of carboxylic acids is 1. The zero-order chi connectivity index (χ0) is 14.9. The van der Waals surface area contributed by atoms with Gasteiger partial charge in [-0.1, -0.05) is 0 Å². The maximum atomic E-state index is 12.5. The van der Waals surface area contributed by atoms with Gasteiger partial charge in [-0.25, -0.2) is 18.2 Å². The van der Waals surface area contributed by atoms with Crippen molar-refractivity contribution in [1.82, 2.24) is 9.29 Å². The second-order valence-corrected chi connectivity index (χ2v) is 6.60. The molecule has 0 aromatic carbocycles. The summed E-state index contributed by atoms with van der Waals surface area (Å²) in [6.45, 7) is 4.14. The predicted molar refractivity (Wildman–Crippen MR) is 70.0 cm³/mol. The van der Waals surface area contributed by atoms with Crippen molar-refractivity contribution in [3.05, 3.63) is 23.9 Å². The Morgan fingerprint density at radius 3 is 2.70 bits per heavy atom. The number of carboxylic acid groups (broad SMARTS) is 1. The minimum atomic E-state index is -3.74. The number of nitrogens with zero attached hydrogens (tertiary/aromatic N) is 2. The topological polar surface area (TPSA) is 96.8 Å². The van der Waals surface area contributed by atoms with Gasteiger partial charge in [0.1, 0.15) is 0 Å². The van der Waals surface area contributed by atoms with E-state index >= 15 is 0 Å². The van der Waals surface area contributed by atoms with Crippen molar-refractivity contribution in [2.45, 2.75) is 31.0 Å². The van der Waals surface area contributed by atoms with Gasteiger partial charge in [0.15, 0.2) is 5.03 Å². The van der Waals surface area contributed by atoms with Crippen molar-refractivity contribution in [2.24, 2.45) is 0 Å². The largest absolute Gasteiger partial charge is 0.478 e. The van der Waals surface area contributed by atoms with Gasteiger partial charge in [-0.3, -0.25) is 0 Å². The van der Waals surface area contributed by atoms with Crippen LogP contribution in [0.3, 0.4) is 0 Å². The Labute approximate surface area is 117 Å². The summed E-state index contributed by atoms with van der Waals surface area (Å²) in [6, 6.07) is 2.17. The lowest BCUT2D eigenvalue weighted by Crippen LogP contribution is -2.50. The van der Waals surface area contributed by atoms with E-state index in [4.69, 9.17) is 9.84 Å². The molecule has 0 radical (unpaired) electrons. The van der Waals surface area contributed by atoms with E-state index in [-0.39, 0.29) is 29.3 Å². The number of ether oxygens (including phenoxy) is 1. The molecule has 0 aliphatic carbocycles. The third-order valence-corrected chi connectivity index (χ3v) is 5.00. The molecule has 7 nitrogen and oxygen atoms in total. The smallest absolute Gasteiger partial charge is 0.337 e. The highest BCUT2D eigenvalue weighted by Crippen LogP contribution is 2.21. The third kappa shape index (κ3) is 2.82. The first-order valence-corrected chi connectivity index (χ1v) is 7.59. The summed E-state index contributed by atoms with van der Waals surface area (Å²) in [7, 11) is -3.74. The number of pyridine rings is 1. The lowest BCUT2D eigenvalue weighted by atomic mass is 10.2. The van der Waals surface area contributed by atoms with Crippen LogP contribution in [-0.4, -0.2) is 54.1 Å². The molecule has 110 valence electrons. The average molecular weight is 300 g/mol. The molecule has 1 saturated heterocycles. The maximum absolute atomic E-state index is 12.5. The van der Waals surface area contributed by atoms with Crippen LogP contribution in [0.2, 0.25) is 0 Å². The van der Waals surface area contributed by atoms with Gasteiger partial charge in [-0.05, 0) is 26.0 Å². The van der Waals surface area contributed by atoms with E-state index in [2.05, 4.69) is 4.98 Å². The first kappa shape index (κ1) is 14.9. The fourth-order valence-electron chi connectivity index (χ4n) is 1.99. The minimum Gasteiger partial charge on any atom is -0.478 e. The fourth-order valence-corrected chi connectivity index (χ4v) is 3.59. The van der Waals surface area contributed by atoms with Gasteiger partial charge in [-0.15, -0.1) is 0 Å². The van der Waals surface area contributed by atoms with Crippen LogP contribution in [0, 0.1) is 0 Å². The summed E-state index contributed by atoms with van der Waals surface area (Å²) in [5, 5.41) is 8.64. The Bertz CT molecular complexity index is 599. The van der Waals surface area contributed by atoms with Crippen molar-refractivity contribution in [3.8, 4) is 0 Å². The first-order chi connectivity index (χ1) is 9.32. The van der Waals surface area contributed by atoms with Crippen LogP contribution in [0.1, 0.15) is 24.2 Å². The number of hydrogen-bond acceptors (Lipinski definition) is 5. The molecule has 2 atom stereocenters. The molecule has 20 heavy (non-hydrogen) atoms. The van der Waals surface area contributed by atoms with Crippen molar-refractivity contribution in [3.63, 3.8) is 0 Å². The van der Waals surface area contributed by atoms with Crippen molar-refractivity contribution in [1.29, 1.82) is 0 Å². The first-order valence-electron chi connectivity index (χ1n) is 6.15. The second-order valence-electron chi connectivity index (χ2n) is 4.76. The molecule has 0 saturated carbocycles. The minimum absolute atomic E-state index is 0.0488. The Balaban J connectivity index is 2.31. The SMILES string of the molecule is CC1CN(S(=O)(=O)c2ccc(C(=O)O)cn2)C(C)CO1. The molecule has 1 fully saturated rings. The van der Waals surface area contributed by atoms with E-state index in [1.807, 2.05) is 0 Å². The number of carbonyl (C=O) groups is 1. The normalized spacial score (nSPS) is 24.5. The summed E-state index contributed by atoms with van der Waals surface area (Å²) in [4.78, 5) is 14.5. The number of aromatic nitrogens is 1. The van der Waals surface area contributed by atoms with Crippen LogP contribution in [0.4, 0.5) is 0 Å². The van der Waals surface area contributed by atoms with Crippen LogP contribution in [-0.2, 0) is 14.8 Å². The Morgan fingerprint density at radius 1 is 1.45 bits per heavy atom. The van der Waals surface area contributed by atoms with Gasteiger partial charge in [0.25, 0.3) is 10.0 Å². The van der Waals surface area contributed by atoms with Gasteiger partial charge in [0.05, 0.1) is 18.3 Å². The number of sulfonamides is 1. The van der Waals surface area contributed by atoms with E-state index in [0.717, 1.165) is 6.20 Å². The van der Waals surface area contributed by atoms with Crippen LogP contribution in [0.15, 0.2) is 23.4 Å². The molecule has 1 aliphatic rings. The Kier molecular flexibility index (Phi) is 4.07. The molecule has 0 spiro atoms. The van der Waals surface area contributed by atoms with Gasteiger partial charge in [-0.2, -0.15) is 4.31 Å². The van der Waals surface area contributed by atoms with Gasteiger partial charge >= 0.3 is 5.97 Å². The molecule has 0 amide bonds. The molecule has 1 aromatic rings. The molecule has 1 N–H and O–H groups in total. The van der Waals surface area contributed by atoms with E-state index in [1.54, 1.807) is 13.8 Å². The Hall–Kier alpha value is -1.51. The fraction of sp³-hybridized carbons (Fsp3) is 0.500. The van der Waals surface area contributed by atoms with E-state index in [9.17, 15) is 13.2 Å². The third-order valence-electron chi connectivity index (χ3n) is 3.11. The standard InChI is InChI=1S/C12H16N2O5S/c1-8-7-19-9(2)6-14(8)20(17,18)11-4-3-10(5-13-11)12(15)16/h3-5,8-9H,6-7H2,1-2H3,(H,15,16). The monoisotopic (exact) mass is 300 g/mol. The highest BCUT2D eigenvalue weighted by atomic mass is 32.2. The van der Waals surface area contributed by atoms with E-state index in [1.165, 1.54) is 16.4 Å². The molecule has 8 heteroatoms. The van der Waals surface area contributed by atoms with Crippen LogP contribution in [0.5, 0.6) is 0 Å². The van der Waals surface area contributed by atoms with Gasteiger partial charge < -0.3 is 9.84 Å². The lowest BCUT2D eigenvalue weighted by Gasteiger charge is -2.35. The lowest BCUT2D eigenvalue weighted by molar-refractivity contribution is -0.0171. The molecular formula is C12H16N2O5S. The zero-order valence-corrected chi connectivity index (χ0v) is 12.0. The van der Waals surface area contributed by atoms with Crippen LogP contribution in [0.25, 0.3) is 0 Å². The highest BCUT2D eigenvalue weighted by molar-refractivity contribution is 7.89. The summed E-state index contributed by atoms with van der Waals surface area (Å²) in [6.07, 6.45) is 0.864. The quantitative estimate of drug-likeness (QED) is 0.877. The molecule has 2 rings (SSSR count). The van der Waals surface area contributed by atoms with Gasteiger partial charge in [0.2, 0.25) is 0 Å². The molecule has 2 heterocycles. The number of aromatic carboxylic acids is 1. The van der Waals surface area contributed by atoms with Crippen molar-refractivity contribution < 1.29 is 23.1 Å². The average Bonchev–Trinajstić information content (AvgIpc) is 2.41. The summed E-state index contributed by atoms with van der Waals surface area (Å²) in [5.74, 6) is -1.14. The molecule has 0 bridgehead atoms. The molecule has 2 unspecified atom stereocenters. The van der Waals surface area contributed by atoms with Crippen molar-refractivity contribution >= 4 is 16.0 Å². The molecule has 1 aromatic heterocycles. The number of hydrogen-bond donors (Lipinski definition) is 1. The molecule has 1 aliphatic heterocycles. The highest BCUT2D eigenvalue weighted by Gasteiger charge is 2.34. The maximum Gasteiger partial charge on any atom is 0.337 e. The summed E-state index contributed by atoms with van der Waals surface area (Å²) < 4.78 is 31.7. The summed E-state index contributed by atoms with van der Waals surface area (Å²) in [5.41, 5.74) is -0.0488. The van der Waals surface area contributed by atoms with Gasteiger partial charge in [0, 0.05) is 18.8 Å². The zero-order valence-electron chi connectivity index (χ0n) is 11.2. The predicted octanol–water partition coefficient (Wildman–Crippen LogP) is 0.578. The second kappa shape index (κ2) is 5.47. The Morgan fingerprint density at radius 2 is 2.15 bits per heavy atom. The summed E-state index contributed by atoms with van der Waals surface area (Å²) >= 11 is 0. The van der Waals surface area contributed by atoms with Crippen LogP contribution < -0.4 is 0 Å². The number of rotatable bonds is 3. The number of morpholine rings is 1. The molecular weight excluding hydrogens is 284 g/mol. The van der Waals surface area contributed by atoms with Crippen molar-refractivity contribution in [2.75, 3.05) is 13.2 Å².